The van der Waals surface area contributed by atoms with Crippen LogP contribution in [0.5, 0.6) is 0 Å². The molecule has 0 bridgehead atoms. The van der Waals surface area contributed by atoms with Crippen molar-refractivity contribution in [2.45, 2.75) is 20.1 Å². The van der Waals surface area contributed by atoms with Gasteiger partial charge in [0.25, 0.3) is 0 Å². The Balaban J connectivity index is 1.68. The van der Waals surface area contributed by atoms with E-state index in [2.05, 4.69) is 48.1 Å². The highest BCUT2D eigenvalue weighted by Crippen LogP contribution is 2.22. The number of pyridine rings is 1. The van der Waals surface area contributed by atoms with E-state index in [1.807, 2.05) is 57.9 Å². The summed E-state index contributed by atoms with van der Waals surface area (Å²) in [5.41, 5.74) is 4.45. The third-order valence-corrected chi connectivity index (χ3v) is 5.12. The summed E-state index contributed by atoms with van der Waals surface area (Å²) in [7, 11) is 2.08. The molecular formula is C23H23N5S. The van der Waals surface area contributed by atoms with E-state index in [0.717, 1.165) is 23.6 Å². The Morgan fingerprint density at radius 2 is 1.72 bits per heavy atom. The first-order chi connectivity index (χ1) is 14.1. The lowest BCUT2D eigenvalue weighted by Gasteiger charge is -2.16. The van der Waals surface area contributed by atoms with Crippen molar-refractivity contribution in [1.82, 2.24) is 24.2 Å². The molecule has 0 atom stereocenters. The van der Waals surface area contributed by atoms with Crippen LogP contribution in [0.15, 0.2) is 79.1 Å². The van der Waals surface area contributed by atoms with Crippen molar-refractivity contribution in [2.24, 2.45) is 0 Å². The number of nitrogens with zero attached hydrogens (tertiary/aromatic N) is 5. The number of aryl methyl sites for hydroxylation is 1. The molecule has 29 heavy (non-hydrogen) atoms. The second kappa shape index (κ2) is 8.51. The zero-order valence-corrected chi connectivity index (χ0v) is 17.4. The van der Waals surface area contributed by atoms with Crippen LogP contribution < -0.4 is 0 Å². The maximum Gasteiger partial charge on any atom is 0.204 e. The number of para-hydroxylation sites is 1. The lowest BCUT2D eigenvalue weighted by molar-refractivity contribution is 0.244. The molecule has 2 aromatic heterocycles. The first kappa shape index (κ1) is 19.2. The quantitative estimate of drug-likeness (QED) is 0.432. The summed E-state index contributed by atoms with van der Waals surface area (Å²) in [6.45, 7) is 3.52. The minimum atomic E-state index is 0.597. The molecule has 0 fully saturated rings. The fraction of sp³-hybridized carbons (Fsp3) is 0.174. The van der Waals surface area contributed by atoms with E-state index in [1.54, 1.807) is 6.20 Å². The standard InChI is InChI=1S/C23H23N5S/c1-18-10-12-19(13-11-18)16-26(2)17-27-23(29)28(21-8-4-3-5-9-21)22(25-27)20-7-6-14-24-15-20/h3-15H,16-17H2,1-2H3. The second-order valence-electron chi connectivity index (χ2n) is 7.16. The predicted octanol–water partition coefficient (Wildman–Crippen LogP) is 4.86. The van der Waals surface area contributed by atoms with Gasteiger partial charge < -0.3 is 0 Å². The number of aromatic nitrogens is 4. The molecule has 0 amide bonds. The number of benzene rings is 2. The Labute approximate surface area is 175 Å². The van der Waals surface area contributed by atoms with E-state index in [0.29, 0.717) is 11.4 Å². The van der Waals surface area contributed by atoms with Crippen LogP contribution >= 0.6 is 12.2 Å². The van der Waals surface area contributed by atoms with Crippen LogP contribution in [0, 0.1) is 11.7 Å². The summed E-state index contributed by atoms with van der Waals surface area (Å²) in [5.74, 6) is 0.790. The first-order valence-corrected chi connectivity index (χ1v) is 9.92. The zero-order valence-electron chi connectivity index (χ0n) is 16.6. The van der Waals surface area contributed by atoms with Gasteiger partial charge in [-0.05, 0) is 56.0 Å². The summed E-state index contributed by atoms with van der Waals surface area (Å²) in [6.07, 6.45) is 3.58. The molecule has 0 unspecified atom stereocenters. The van der Waals surface area contributed by atoms with Gasteiger partial charge in [0, 0.05) is 30.2 Å². The Morgan fingerprint density at radius 3 is 2.41 bits per heavy atom. The highest BCUT2D eigenvalue weighted by atomic mass is 32.1. The summed E-state index contributed by atoms with van der Waals surface area (Å²) < 4.78 is 4.54. The molecule has 0 spiro atoms. The van der Waals surface area contributed by atoms with Gasteiger partial charge in [0.1, 0.15) is 0 Å². The van der Waals surface area contributed by atoms with E-state index in [4.69, 9.17) is 17.3 Å². The van der Waals surface area contributed by atoms with Crippen molar-refractivity contribution < 1.29 is 0 Å². The van der Waals surface area contributed by atoms with E-state index >= 15 is 0 Å². The van der Waals surface area contributed by atoms with Gasteiger partial charge in [0.2, 0.25) is 4.77 Å². The Kier molecular flexibility index (Phi) is 5.64. The topological polar surface area (TPSA) is 38.9 Å². The van der Waals surface area contributed by atoms with Crippen LogP contribution in [0.3, 0.4) is 0 Å². The SMILES string of the molecule is Cc1ccc(CN(C)Cn2nc(-c3cccnc3)n(-c3ccccc3)c2=S)cc1. The molecule has 0 radical (unpaired) electrons. The number of hydrogen-bond acceptors (Lipinski definition) is 4. The molecule has 6 heteroatoms. The van der Waals surface area contributed by atoms with Crippen LogP contribution in [-0.4, -0.2) is 31.3 Å². The Morgan fingerprint density at radius 1 is 0.966 bits per heavy atom. The number of rotatable bonds is 6. The molecule has 5 nitrogen and oxygen atoms in total. The van der Waals surface area contributed by atoms with Gasteiger partial charge in [-0.15, -0.1) is 5.10 Å². The van der Waals surface area contributed by atoms with Gasteiger partial charge >= 0.3 is 0 Å². The summed E-state index contributed by atoms with van der Waals surface area (Å²) in [5, 5.41) is 4.85. The van der Waals surface area contributed by atoms with Crippen LogP contribution in [0.1, 0.15) is 11.1 Å². The molecule has 4 aromatic rings. The third kappa shape index (κ3) is 4.34. The van der Waals surface area contributed by atoms with Crippen molar-refractivity contribution in [3.8, 4) is 17.1 Å². The van der Waals surface area contributed by atoms with Gasteiger partial charge in [-0.3, -0.25) is 14.5 Å². The monoisotopic (exact) mass is 401 g/mol. The van der Waals surface area contributed by atoms with E-state index in [9.17, 15) is 0 Å². The van der Waals surface area contributed by atoms with E-state index in [-0.39, 0.29) is 0 Å². The summed E-state index contributed by atoms with van der Waals surface area (Å²) >= 11 is 5.81. The molecule has 4 rings (SSSR count). The third-order valence-electron chi connectivity index (χ3n) is 4.72. The maximum absolute atomic E-state index is 5.81. The van der Waals surface area contributed by atoms with Crippen molar-refractivity contribution in [2.75, 3.05) is 7.05 Å². The lowest BCUT2D eigenvalue weighted by atomic mass is 10.1. The smallest absolute Gasteiger partial charge is 0.204 e. The van der Waals surface area contributed by atoms with Gasteiger partial charge in [-0.25, -0.2) is 4.68 Å². The fourth-order valence-corrected chi connectivity index (χ4v) is 3.57. The second-order valence-corrected chi connectivity index (χ2v) is 7.52. The Bertz CT molecular complexity index is 1130. The summed E-state index contributed by atoms with van der Waals surface area (Å²) in [6, 6.07) is 22.6. The minimum Gasteiger partial charge on any atom is -0.283 e. The molecule has 0 aliphatic heterocycles. The van der Waals surface area contributed by atoms with Crippen molar-refractivity contribution in [3.05, 3.63) is 95.0 Å². The zero-order chi connectivity index (χ0) is 20.2. The van der Waals surface area contributed by atoms with Gasteiger partial charge in [-0.1, -0.05) is 48.0 Å². The molecule has 0 aliphatic rings. The minimum absolute atomic E-state index is 0.597. The molecule has 146 valence electrons. The predicted molar refractivity (Wildman–Crippen MR) is 118 cm³/mol. The first-order valence-electron chi connectivity index (χ1n) is 9.51. The molecule has 0 saturated heterocycles. The van der Waals surface area contributed by atoms with Crippen LogP contribution in [0.2, 0.25) is 0 Å². The van der Waals surface area contributed by atoms with Gasteiger partial charge in [0.15, 0.2) is 5.82 Å². The van der Waals surface area contributed by atoms with Crippen LogP contribution in [0.4, 0.5) is 0 Å². The summed E-state index contributed by atoms with van der Waals surface area (Å²) in [4.78, 5) is 6.46. The van der Waals surface area contributed by atoms with E-state index in [1.165, 1.54) is 11.1 Å². The number of hydrogen-bond donors (Lipinski definition) is 0. The van der Waals surface area contributed by atoms with E-state index < -0.39 is 0 Å². The normalized spacial score (nSPS) is 11.1. The largest absolute Gasteiger partial charge is 0.283 e. The average Bonchev–Trinajstić information content (AvgIpc) is 3.07. The average molecular weight is 402 g/mol. The molecule has 2 heterocycles. The van der Waals surface area contributed by atoms with Crippen molar-refractivity contribution in [3.63, 3.8) is 0 Å². The highest BCUT2D eigenvalue weighted by molar-refractivity contribution is 7.71. The lowest BCUT2D eigenvalue weighted by Crippen LogP contribution is -2.22. The maximum atomic E-state index is 5.81. The van der Waals surface area contributed by atoms with Gasteiger partial charge in [0.05, 0.1) is 6.67 Å². The van der Waals surface area contributed by atoms with Crippen molar-refractivity contribution in [1.29, 1.82) is 0 Å². The Hall–Kier alpha value is -3.09. The molecule has 0 N–H and O–H groups in total. The van der Waals surface area contributed by atoms with Crippen LogP contribution in [0.25, 0.3) is 17.1 Å². The highest BCUT2D eigenvalue weighted by Gasteiger charge is 2.15. The molecular weight excluding hydrogens is 378 g/mol. The molecule has 0 saturated carbocycles. The molecule has 2 aromatic carbocycles. The van der Waals surface area contributed by atoms with Gasteiger partial charge in [-0.2, -0.15) is 0 Å². The molecule has 0 aliphatic carbocycles. The van der Waals surface area contributed by atoms with Crippen molar-refractivity contribution >= 4 is 12.2 Å². The fourth-order valence-electron chi connectivity index (χ4n) is 3.28. The van der Waals surface area contributed by atoms with Crippen LogP contribution in [-0.2, 0) is 13.2 Å².